The number of hydrogen-bond donors (Lipinski definition) is 2. The molecule has 1 saturated heterocycles. The number of benzene rings is 1. The number of rotatable bonds is 4. The van der Waals surface area contributed by atoms with Crippen LogP contribution in [0.4, 0.5) is 10.8 Å². The first-order valence-corrected chi connectivity index (χ1v) is 10.5. The van der Waals surface area contributed by atoms with Gasteiger partial charge in [-0.2, -0.15) is 0 Å². The quantitative estimate of drug-likeness (QED) is 0.815. The number of ether oxygens (including phenoxy) is 1. The molecule has 0 saturated carbocycles. The van der Waals surface area contributed by atoms with Gasteiger partial charge in [-0.15, -0.1) is 23.1 Å². The number of amides is 2. The third-order valence-electron chi connectivity index (χ3n) is 4.43. The van der Waals surface area contributed by atoms with Crippen molar-refractivity contribution in [3.05, 3.63) is 34.8 Å². The Bertz CT molecular complexity index is 864. The number of nitrogens with one attached hydrogen (secondary N) is 2. The molecular formula is C18H20N4O3S2. The van der Waals surface area contributed by atoms with Gasteiger partial charge < -0.3 is 10.1 Å². The predicted octanol–water partition coefficient (Wildman–Crippen LogP) is 2.66. The van der Waals surface area contributed by atoms with Gasteiger partial charge in [0.25, 0.3) is 5.91 Å². The number of hydrogen-bond acceptors (Lipinski definition) is 7. The van der Waals surface area contributed by atoms with Crippen molar-refractivity contribution in [3.63, 3.8) is 0 Å². The minimum atomic E-state index is -0.233. The van der Waals surface area contributed by atoms with Crippen molar-refractivity contribution in [2.24, 2.45) is 0 Å². The zero-order valence-corrected chi connectivity index (χ0v) is 16.5. The maximum atomic E-state index is 12.6. The zero-order valence-electron chi connectivity index (χ0n) is 14.9. The molecular weight excluding hydrogens is 384 g/mol. The minimum Gasteiger partial charge on any atom is -0.379 e. The van der Waals surface area contributed by atoms with E-state index < -0.39 is 0 Å². The molecule has 2 aliphatic rings. The smallest absolute Gasteiger partial charge is 0.257 e. The van der Waals surface area contributed by atoms with Crippen molar-refractivity contribution in [2.45, 2.75) is 23.6 Å². The lowest BCUT2D eigenvalue weighted by atomic mass is 10.2. The number of carbonyl (C=O) groups is 2. The Kier molecular flexibility index (Phi) is 5.44. The van der Waals surface area contributed by atoms with Crippen molar-refractivity contribution in [1.82, 2.24) is 9.88 Å². The van der Waals surface area contributed by atoms with E-state index in [1.54, 1.807) is 12.1 Å². The summed E-state index contributed by atoms with van der Waals surface area (Å²) in [6, 6.07) is 5.36. The van der Waals surface area contributed by atoms with Crippen molar-refractivity contribution in [3.8, 4) is 0 Å². The second kappa shape index (κ2) is 7.97. The van der Waals surface area contributed by atoms with Crippen LogP contribution in [0.2, 0.25) is 0 Å². The molecule has 9 heteroatoms. The lowest BCUT2D eigenvalue weighted by Crippen LogP contribution is -2.35. The van der Waals surface area contributed by atoms with Crippen LogP contribution in [-0.4, -0.2) is 53.3 Å². The van der Waals surface area contributed by atoms with Gasteiger partial charge in [0.15, 0.2) is 5.13 Å². The molecule has 0 bridgehead atoms. The molecule has 0 aliphatic carbocycles. The minimum absolute atomic E-state index is 0.0438. The highest BCUT2D eigenvalue weighted by Gasteiger charge is 2.24. The second-order valence-corrected chi connectivity index (χ2v) is 8.69. The van der Waals surface area contributed by atoms with Crippen LogP contribution in [-0.2, 0) is 16.1 Å². The van der Waals surface area contributed by atoms with Crippen molar-refractivity contribution in [1.29, 1.82) is 0 Å². The van der Waals surface area contributed by atoms with E-state index in [-0.39, 0.29) is 17.1 Å². The van der Waals surface area contributed by atoms with Crippen molar-refractivity contribution >= 4 is 45.7 Å². The second-order valence-electron chi connectivity index (χ2n) is 6.45. The van der Waals surface area contributed by atoms with E-state index in [0.717, 1.165) is 43.4 Å². The molecule has 4 rings (SSSR count). The number of fused-ring (bicyclic) bond motifs is 1. The first-order valence-electron chi connectivity index (χ1n) is 8.76. The van der Waals surface area contributed by atoms with Crippen LogP contribution in [0.15, 0.2) is 28.5 Å². The molecule has 1 fully saturated rings. The highest BCUT2D eigenvalue weighted by atomic mass is 32.2. The van der Waals surface area contributed by atoms with Crippen LogP contribution in [0.25, 0.3) is 0 Å². The number of thioether (sulfide) groups is 1. The third-order valence-corrected chi connectivity index (χ3v) is 6.42. The maximum Gasteiger partial charge on any atom is 0.257 e. The molecule has 1 aromatic carbocycles. The Balaban J connectivity index is 1.41. The Morgan fingerprint density at radius 2 is 2.22 bits per heavy atom. The Morgan fingerprint density at radius 3 is 3.04 bits per heavy atom. The average molecular weight is 405 g/mol. The summed E-state index contributed by atoms with van der Waals surface area (Å²) in [7, 11) is 0. The fraction of sp³-hybridized carbons (Fsp3) is 0.389. The summed E-state index contributed by atoms with van der Waals surface area (Å²) in [5, 5.41) is 8.12. The lowest BCUT2D eigenvalue weighted by molar-refractivity contribution is -0.115. The fourth-order valence-electron chi connectivity index (χ4n) is 2.94. The topological polar surface area (TPSA) is 83.6 Å². The molecule has 1 aromatic heterocycles. The van der Waals surface area contributed by atoms with Gasteiger partial charge in [-0.3, -0.25) is 19.8 Å². The van der Waals surface area contributed by atoms with E-state index in [1.165, 1.54) is 23.1 Å². The lowest BCUT2D eigenvalue weighted by Gasteiger charge is -2.25. The van der Waals surface area contributed by atoms with Gasteiger partial charge in [0.2, 0.25) is 5.91 Å². The van der Waals surface area contributed by atoms with Crippen molar-refractivity contribution < 1.29 is 14.3 Å². The molecule has 2 amide bonds. The number of morpholine rings is 1. The summed E-state index contributed by atoms with van der Waals surface area (Å²) >= 11 is 2.91. The van der Waals surface area contributed by atoms with Crippen LogP contribution in [0.5, 0.6) is 0 Å². The van der Waals surface area contributed by atoms with Gasteiger partial charge >= 0.3 is 0 Å². The van der Waals surface area contributed by atoms with E-state index in [4.69, 9.17) is 4.74 Å². The SMILES string of the molecule is CC1Sc2ccc(C(=O)Nc3nc(CN4CCOCC4)cs3)cc2NC1=O. The molecule has 1 atom stereocenters. The number of aromatic nitrogens is 1. The Labute approximate surface area is 165 Å². The fourth-order valence-corrected chi connectivity index (χ4v) is 4.57. The number of nitrogens with zero attached hydrogens (tertiary/aromatic N) is 2. The zero-order chi connectivity index (χ0) is 18.8. The van der Waals surface area contributed by atoms with Crippen LogP contribution in [0.3, 0.4) is 0 Å². The van der Waals surface area contributed by atoms with Crippen LogP contribution < -0.4 is 10.6 Å². The van der Waals surface area contributed by atoms with Crippen LogP contribution >= 0.6 is 23.1 Å². The van der Waals surface area contributed by atoms with Gasteiger partial charge in [0.1, 0.15) is 0 Å². The van der Waals surface area contributed by atoms with Gasteiger partial charge in [0, 0.05) is 35.5 Å². The summed E-state index contributed by atoms with van der Waals surface area (Å²) in [4.78, 5) is 32.2. The molecule has 0 radical (unpaired) electrons. The van der Waals surface area contributed by atoms with Gasteiger partial charge in [-0.1, -0.05) is 0 Å². The monoisotopic (exact) mass is 404 g/mol. The summed E-state index contributed by atoms with van der Waals surface area (Å²) in [5.74, 6) is -0.277. The Hall–Kier alpha value is -1.94. The number of anilines is 2. The van der Waals surface area contributed by atoms with Crippen molar-refractivity contribution in [2.75, 3.05) is 36.9 Å². The third kappa shape index (κ3) is 4.32. The first-order chi connectivity index (χ1) is 13.1. The van der Waals surface area contributed by atoms with Gasteiger partial charge in [0.05, 0.1) is 29.8 Å². The highest BCUT2D eigenvalue weighted by Crippen LogP contribution is 2.36. The molecule has 2 aliphatic heterocycles. The van der Waals surface area contributed by atoms with Gasteiger partial charge in [-0.05, 0) is 25.1 Å². The number of thiazole rings is 1. The van der Waals surface area contributed by atoms with E-state index in [2.05, 4.69) is 20.5 Å². The maximum absolute atomic E-state index is 12.6. The predicted molar refractivity (Wildman–Crippen MR) is 107 cm³/mol. The molecule has 3 heterocycles. The molecule has 1 unspecified atom stereocenters. The van der Waals surface area contributed by atoms with E-state index >= 15 is 0 Å². The normalized spacial score (nSPS) is 20.0. The summed E-state index contributed by atoms with van der Waals surface area (Å²) in [6.07, 6.45) is 0. The Morgan fingerprint density at radius 1 is 1.41 bits per heavy atom. The van der Waals surface area contributed by atoms with Crippen LogP contribution in [0, 0.1) is 0 Å². The van der Waals surface area contributed by atoms with Crippen LogP contribution in [0.1, 0.15) is 23.0 Å². The highest BCUT2D eigenvalue weighted by molar-refractivity contribution is 8.00. The van der Waals surface area contributed by atoms with E-state index in [0.29, 0.717) is 16.4 Å². The molecule has 2 aromatic rings. The molecule has 0 spiro atoms. The standard InChI is InChI=1S/C18H20N4O3S2/c1-11-16(23)20-14-8-12(2-3-15(14)27-11)17(24)21-18-19-13(10-26-18)9-22-4-6-25-7-5-22/h2-3,8,10-11H,4-7,9H2,1H3,(H,20,23)(H,19,21,24). The molecule has 7 nitrogen and oxygen atoms in total. The average Bonchev–Trinajstić information content (AvgIpc) is 3.10. The van der Waals surface area contributed by atoms with Gasteiger partial charge in [-0.25, -0.2) is 4.98 Å². The molecule has 2 N–H and O–H groups in total. The largest absolute Gasteiger partial charge is 0.379 e. The summed E-state index contributed by atoms with van der Waals surface area (Å²) < 4.78 is 5.35. The van der Waals surface area contributed by atoms with E-state index in [9.17, 15) is 9.59 Å². The molecule has 27 heavy (non-hydrogen) atoms. The molecule has 142 valence electrons. The summed E-state index contributed by atoms with van der Waals surface area (Å²) in [6.45, 7) is 5.92. The summed E-state index contributed by atoms with van der Waals surface area (Å²) in [5.41, 5.74) is 2.12. The first kappa shape index (κ1) is 18.4. The number of carbonyl (C=O) groups excluding carboxylic acids is 2. The van der Waals surface area contributed by atoms with E-state index in [1.807, 2.05) is 18.4 Å².